The molecule has 0 radical (unpaired) electrons. The van der Waals surface area contributed by atoms with E-state index in [-0.39, 0.29) is 55.8 Å². The second-order valence-corrected chi connectivity index (χ2v) is 30.8. The van der Waals surface area contributed by atoms with Crippen molar-refractivity contribution in [2.45, 2.75) is 90.1 Å². The fourth-order valence-corrected chi connectivity index (χ4v) is 12.9. The number of anilines is 7. The van der Waals surface area contributed by atoms with E-state index in [1.807, 2.05) is 59.7 Å². The predicted octanol–water partition coefficient (Wildman–Crippen LogP) is 13.6. The summed E-state index contributed by atoms with van der Waals surface area (Å²) in [6.07, 6.45) is 10.8. The number of benzene rings is 4. The molecule has 0 saturated heterocycles. The molecule has 94 heavy (non-hydrogen) atoms. The number of pyridine rings is 3. The summed E-state index contributed by atoms with van der Waals surface area (Å²) in [7, 11) is -5.12. The van der Waals surface area contributed by atoms with Crippen LogP contribution in [0.25, 0.3) is 20.2 Å². The van der Waals surface area contributed by atoms with Gasteiger partial charge in [0.25, 0.3) is 29.5 Å². The van der Waals surface area contributed by atoms with Crippen LogP contribution in [-0.2, 0) is 30.9 Å². The molecule has 0 aliphatic heterocycles. The lowest BCUT2D eigenvalue weighted by atomic mass is 9.86. The number of methoxy groups -OCH3 is 2. The number of nitrogens with one attached hydrogen (secondary N) is 6. The number of aromatic nitrogens is 3. The molecule has 2 saturated carbocycles. The predicted molar refractivity (Wildman–Crippen MR) is 376 cm³/mol. The third kappa shape index (κ3) is 17.7. The van der Waals surface area contributed by atoms with E-state index in [4.69, 9.17) is 38.4 Å². The fraction of sp³-hybridized carbons (Fsp3) is 0.273. The second-order valence-electron chi connectivity index (χ2n) is 24.3. The Morgan fingerprint density at radius 1 is 0.553 bits per heavy atom. The monoisotopic (exact) mass is 1390 g/mol. The summed E-state index contributed by atoms with van der Waals surface area (Å²) in [5.41, 5.74) is 8.13. The number of halogens is 2. The van der Waals surface area contributed by atoms with Gasteiger partial charge in [-0.3, -0.25) is 28.7 Å². The van der Waals surface area contributed by atoms with Gasteiger partial charge in [-0.2, -0.15) is 4.31 Å². The largest absolute Gasteiger partial charge is 0.492 e. The van der Waals surface area contributed by atoms with Crippen LogP contribution >= 0.6 is 45.9 Å². The van der Waals surface area contributed by atoms with Gasteiger partial charge in [-0.05, 0) is 143 Å². The molecule has 0 bridgehead atoms. The van der Waals surface area contributed by atoms with Crippen molar-refractivity contribution in [3.05, 3.63) is 176 Å². The maximum Gasteiger partial charge on any atom is 0.273 e. The first kappa shape index (κ1) is 69.6. The molecule has 2 aliphatic carbocycles. The van der Waals surface area contributed by atoms with Gasteiger partial charge in [0, 0.05) is 30.7 Å². The van der Waals surface area contributed by atoms with Gasteiger partial charge < -0.3 is 41.8 Å². The van der Waals surface area contributed by atoms with Crippen LogP contribution in [0, 0.1) is 0 Å². The Morgan fingerprint density at radius 3 is 1.39 bits per heavy atom. The van der Waals surface area contributed by atoms with E-state index in [0.717, 1.165) is 58.2 Å². The highest BCUT2D eigenvalue weighted by Crippen LogP contribution is 2.44. The summed E-state index contributed by atoms with van der Waals surface area (Å²) >= 11 is 14.1. The highest BCUT2D eigenvalue weighted by Gasteiger charge is 2.34. The third-order valence-electron chi connectivity index (χ3n) is 14.4. The van der Waals surface area contributed by atoms with Gasteiger partial charge in [0.15, 0.2) is 11.5 Å². The Labute approximate surface area is 562 Å². The third-order valence-corrected chi connectivity index (χ3v) is 18.8. The standard InChI is InChI=1S/C33H29Cl2N5O6S2.C30H33N5O5S2.C3H7N/c1-33(2,3)21-14-23(28(46-4)24(15-21)40(48(5,44)45)32(43)20-10-12-27(35)37-17-20)39-31(42)25-13-18-7-6-8-22(29(18)47-25)38-30(41)19-9-11-26(34)36-16-19;1-30(2,3)19-14-22(26(40-4)23(15-19)35-42(5,38)39)34-29(37)24-13-17-7-6-8-21(27(17)41-24)33-28(36)18-9-12-25(31-16-18)32-20-10-11-20;4-3-1-2-3/h6-17H,1-5H3,(H,38,41)(H,39,42);6-9,12-16,20,35H,10-11H2,1-5H3,(H,31,32)(H,33,36)(H,34,37);3H,1-2,4H2. The summed E-state index contributed by atoms with van der Waals surface area (Å²) in [6.45, 7) is 11.7. The number of nitrogens with two attached hydrogens (primary N) is 1. The maximum absolute atomic E-state index is 13.8. The molecule has 492 valence electrons. The Bertz CT molecular complexity index is 4610. The Kier molecular flexibility index (Phi) is 21.1. The number of carbonyl (C=O) groups excluding carboxylic acids is 5. The number of amides is 5. The van der Waals surface area contributed by atoms with Crippen LogP contribution in [0.15, 0.2) is 128 Å². The number of carbonyl (C=O) groups is 5. The van der Waals surface area contributed by atoms with Crippen molar-refractivity contribution in [2.75, 3.05) is 62.3 Å². The molecule has 11 rings (SSSR count). The summed E-state index contributed by atoms with van der Waals surface area (Å²) in [4.78, 5) is 79.7. The van der Waals surface area contributed by atoms with E-state index in [1.165, 1.54) is 69.0 Å². The number of fused-ring (bicyclic) bond motifs is 2. The molecule has 2 aliphatic rings. The number of sulfonamides is 2. The molecular weight excluding hydrogens is 1320 g/mol. The SMILES string of the molecule is COc1c(NC(=O)c2cc3cccc(NC(=O)c4ccc(Cl)nc4)c3s2)cc(C(C)(C)C)cc1N(C(=O)c1ccc(Cl)nc1)S(C)(=O)=O.COc1c(NC(=O)c2cc3cccc(NC(=O)c4ccc(NC5CC5)nc4)c3s2)cc(C(C)(C)C)cc1NS(C)(=O)=O.NC1CC1. The van der Waals surface area contributed by atoms with Crippen molar-refractivity contribution >= 4 is 156 Å². The van der Waals surface area contributed by atoms with Crippen molar-refractivity contribution in [3.63, 3.8) is 0 Å². The van der Waals surface area contributed by atoms with Crippen LogP contribution in [0.3, 0.4) is 0 Å². The van der Waals surface area contributed by atoms with Gasteiger partial charge in [0.1, 0.15) is 21.8 Å². The highest BCUT2D eigenvalue weighted by atomic mass is 35.5. The quantitative estimate of drug-likeness (QED) is 0.0417. The Morgan fingerprint density at radius 2 is 0.989 bits per heavy atom. The average Bonchev–Trinajstić information content (AvgIpc) is 1.54. The molecule has 0 unspecified atom stereocenters. The lowest BCUT2D eigenvalue weighted by Crippen LogP contribution is -2.37. The van der Waals surface area contributed by atoms with Crippen LogP contribution in [-0.4, -0.2) is 100 Å². The Hall–Kier alpha value is -8.76. The van der Waals surface area contributed by atoms with E-state index in [2.05, 4.69) is 46.3 Å². The lowest BCUT2D eigenvalue weighted by Gasteiger charge is -2.28. The number of rotatable bonds is 17. The first-order valence-corrected chi connectivity index (χ1v) is 35.4. The minimum atomic E-state index is -4.23. The molecule has 28 heteroatoms. The molecule has 5 amide bonds. The minimum absolute atomic E-state index is 0.0286. The van der Waals surface area contributed by atoms with Gasteiger partial charge in [-0.25, -0.2) is 31.8 Å². The van der Waals surface area contributed by atoms with Gasteiger partial charge in [-0.15, -0.1) is 22.7 Å². The average molecular weight is 1390 g/mol. The van der Waals surface area contributed by atoms with Crippen LogP contribution in [0.4, 0.5) is 39.9 Å². The zero-order valence-corrected chi connectivity index (χ0v) is 57.6. The van der Waals surface area contributed by atoms with Crippen molar-refractivity contribution in [1.82, 2.24) is 15.0 Å². The number of nitrogens with zero attached hydrogens (tertiary/aromatic N) is 4. The molecule has 9 aromatic rings. The smallest absolute Gasteiger partial charge is 0.273 e. The zero-order chi connectivity index (χ0) is 68.2. The summed E-state index contributed by atoms with van der Waals surface area (Å²) in [6, 6.07) is 31.3. The summed E-state index contributed by atoms with van der Waals surface area (Å²) in [5, 5.41) is 16.7. The van der Waals surface area contributed by atoms with Gasteiger partial charge in [0.05, 0.1) is 91.0 Å². The summed E-state index contributed by atoms with van der Waals surface area (Å²) < 4.78 is 66.2. The van der Waals surface area contributed by atoms with E-state index in [9.17, 15) is 40.8 Å². The normalized spacial score (nSPS) is 13.1. The lowest BCUT2D eigenvalue weighted by molar-refractivity contribution is 0.0999. The number of ether oxygens (including phenoxy) is 2. The molecular formula is C66H69Cl2N11O11S4. The van der Waals surface area contributed by atoms with Gasteiger partial charge in [-0.1, -0.05) is 89.0 Å². The van der Waals surface area contributed by atoms with E-state index in [1.54, 1.807) is 79.0 Å². The topological polar surface area (TPSA) is 312 Å². The van der Waals surface area contributed by atoms with Crippen molar-refractivity contribution < 1.29 is 50.3 Å². The van der Waals surface area contributed by atoms with Crippen molar-refractivity contribution in [2.24, 2.45) is 5.73 Å². The molecule has 4 aromatic carbocycles. The fourth-order valence-electron chi connectivity index (χ4n) is 9.17. The maximum atomic E-state index is 13.8. The first-order valence-electron chi connectivity index (χ1n) is 29.3. The molecule has 22 nitrogen and oxygen atoms in total. The minimum Gasteiger partial charge on any atom is -0.492 e. The van der Waals surface area contributed by atoms with Crippen LogP contribution in [0.5, 0.6) is 11.5 Å². The zero-order valence-electron chi connectivity index (χ0n) is 52.9. The van der Waals surface area contributed by atoms with E-state index < -0.39 is 49.1 Å². The molecule has 0 spiro atoms. The second kappa shape index (κ2) is 28.4. The molecule has 0 atom stereocenters. The van der Waals surface area contributed by atoms with Gasteiger partial charge >= 0.3 is 0 Å². The number of thiophene rings is 2. The van der Waals surface area contributed by atoms with E-state index >= 15 is 0 Å². The Balaban J connectivity index is 0.000000210. The van der Waals surface area contributed by atoms with Gasteiger partial charge in [0.2, 0.25) is 20.0 Å². The molecule has 5 heterocycles. The molecule has 2 fully saturated rings. The van der Waals surface area contributed by atoms with Crippen molar-refractivity contribution in [1.29, 1.82) is 0 Å². The van der Waals surface area contributed by atoms with Crippen LogP contribution in [0.2, 0.25) is 10.3 Å². The van der Waals surface area contributed by atoms with E-state index in [0.29, 0.717) is 70.0 Å². The molecule has 5 aromatic heterocycles. The number of hydrogen-bond donors (Lipinski definition) is 7. The summed E-state index contributed by atoms with van der Waals surface area (Å²) in [5.74, 6) is -1.63. The van der Waals surface area contributed by atoms with Crippen molar-refractivity contribution in [3.8, 4) is 11.5 Å². The first-order chi connectivity index (χ1) is 44.3. The molecule has 8 N–H and O–H groups in total. The van der Waals surface area contributed by atoms with Crippen LogP contribution < -0.4 is 50.8 Å². The van der Waals surface area contributed by atoms with Crippen LogP contribution in [0.1, 0.15) is 129 Å². The highest BCUT2D eigenvalue weighted by molar-refractivity contribution is 7.93. The number of hydrogen-bond acceptors (Lipinski definition) is 18.